The fraction of sp³-hybridized carbons (Fsp3) is 0.944. The van der Waals surface area contributed by atoms with Crippen LogP contribution in [0.25, 0.3) is 0 Å². The molecule has 0 rings (SSSR count). The molecule has 0 bridgehead atoms. The van der Waals surface area contributed by atoms with E-state index in [0.29, 0.717) is 25.7 Å². The summed E-state index contributed by atoms with van der Waals surface area (Å²) in [6.45, 7) is 9.49. The monoisotopic (exact) mass is 1320 g/mol. The zero-order valence-electron chi connectivity index (χ0n) is 58.4. The van der Waals surface area contributed by atoms with Crippen molar-refractivity contribution in [1.29, 1.82) is 0 Å². The van der Waals surface area contributed by atoms with Crippen LogP contribution in [0, 0.1) is 11.8 Å². The van der Waals surface area contributed by atoms with Crippen LogP contribution in [0.1, 0.15) is 363 Å². The normalized spacial score (nSPS) is 14.1. The third-order valence-corrected chi connectivity index (χ3v) is 18.4. The fourth-order valence-electron chi connectivity index (χ4n) is 10.8. The van der Waals surface area contributed by atoms with E-state index in [9.17, 15) is 43.2 Å². The summed E-state index contributed by atoms with van der Waals surface area (Å²) < 4.78 is 68.3. The number of carbonyl (C=O) groups excluding carboxylic acids is 4. The lowest BCUT2D eigenvalue weighted by atomic mass is 10.0. The highest BCUT2D eigenvalue weighted by Gasteiger charge is 2.30. The van der Waals surface area contributed by atoms with Crippen molar-refractivity contribution in [3.8, 4) is 0 Å². The van der Waals surface area contributed by atoms with Gasteiger partial charge in [-0.05, 0) is 37.5 Å². The molecule has 0 heterocycles. The van der Waals surface area contributed by atoms with Gasteiger partial charge < -0.3 is 33.8 Å². The quantitative estimate of drug-likeness (QED) is 0.0222. The lowest BCUT2D eigenvalue weighted by molar-refractivity contribution is -0.161. The maximum atomic E-state index is 13.0. The van der Waals surface area contributed by atoms with Gasteiger partial charge in [-0.3, -0.25) is 37.3 Å². The van der Waals surface area contributed by atoms with Gasteiger partial charge in [0, 0.05) is 25.7 Å². The zero-order chi connectivity index (χ0) is 66.5. The molecule has 0 aromatic heterocycles. The molecule has 5 atom stereocenters. The molecule has 0 spiro atoms. The number of aliphatic hydroxyl groups is 1. The van der Waals surface area contributed by atoms with Crippen molar-refractivity contribution in [3.63, 3.8) is 0 Å². The van der Waals surface area contributed by atoms with Crippen LogP contribution in [-0.4, -0.2) is 96.7 Å². The first-order valence-corrected chi connectivity index (χ1v) is 40.0. The van der Waals surface area contributed by atoms with E-state index in [2.05, 4.69) is 41.5 Å². The highest BCUT2D eigenvalue weighted by atomic mass is 31.2. The summed E-state index contributed by atoms with van der Waals surface area (Å²) in [6.07, 6.45) is 48.5. The van der Waals surface area contributed by atoms with Gasteiger partial charge >= 0.3 is 39.5 Å². The number of phosphoric acid groups is 2. The average molecular weight is 1330 g/mol. The number of aliphatic hydroxyl groups excluding tert-OH is 1. The van der Waals surface area contributed by atoms with Crippen molar-refractivity contribution in [3.05, 3.63) is 0 Å². The van der Waals surface area contributed by atoms with Crippen molar-refractivity contribution < 1.29 is 80.2 Å². The summed E-state index contributed by atoms with van der Waals surface area (Å²) in [5, 5.41) is 10.6. The van der Waals surface area contributed by atoms with Gasteiger partial charge in [-0.1, -0.05) is 311 Å². The first-order chi connectivity index (χ1) is 43.4. The Morgan fingerprint density at radius 2 is 0.511 bits per heavy atom. The molecule has 3 N–H and O–H groups in total. The van der Waals surface area contributed by atoms with Crippen LogP contribution in [0.5, 0.6) is 0 Å². The Balaban J connectivity index is 5.25. The van der Waals surface area contributed by atoms with E-state index in [1.165, 1.54) is 180 Å². The van der Waals surface area contributed by atoms with Crippen LogP contribution >= 0.6 is 15.6 Å². The molecular formula is C71H138O17P2. The molecule has 19 heteroatoms. The maximum absolute atomic E-state index is 13.0. The second kappa shape index (κ2) is 63.1. The van der Waals surface area contributed by atoms with E-state index in [4.69, 9.17) is 37.0 Å². The molecule has 17 nitrogen and oxygen atoms in total. The SMILES string of the molecule is CCCCCCCCCCCCCCCCCC(=O)O[C@H](COC(=O)CCCCCCCCCCCCCCC)COP(=O)(O)OC[C@@H](O)COP(=O)(O)OC[C@@H](COC(=O)CCCCCCCCCCC(C)C)OC(=O)CCCCCCCCCCC(C)C. The molecule has 0 aromatic carbocycles. The molecule has 0 aliphatic rings. The summed E-state index contributed by atoms with van der Waals surface area (Å²) in [6, 6.07) is 0. The molecule has 534 valence electrons. The fourth-order valence-corrected chi connectivity index (χ4v) is 12.3. The smallest absolute Gasteiger partial charge is 0.462 e. The van der Waals surface area contributed by atoms with Crippen molar-refractivity contribution >= 4 is 39.5 Å². The minimum Gasteiger partial charge on any atom is -0.462 e. The van der Waals surface area contributed by atoms with E-state index < -0.39 is 97.5 Å². The van der Waals surface area contributed by atoms with Crippen molar-refractivity contribution in [2.45, 2.75) is 381 Å². The zero-order valence-corrected chi connectivity index (χ0v) is 60.2. The second-order valence-corrected chi connectivity index (χ2v) is 29.5. The number of rotatable bonds is 70. The molecule has 0 amide bonds. The van der Waals surface area contributed by atoms with E-state index >= 15 is 0 Å². The Morgan fingerprint density at radius 3 is 0.756 bits per heavy atom. The Hall–Kier alpha value is -1.94. The highest BCUT2D eigenvalue weighted by molar-refractivity contribution is 7.47. The maximum Gasteiger partial charge on any atom is 0.472 e. The number of unbranched alkanes of at least 4 members (excludes halogenated alkanes) is 40. The van der Waals surface area contributed by atoms with Gasteiger partial charge in [0.25, 0.3) is 0 Å². The number of phosphoric ester groups is 2. The highest BCUT2D eigenvalue weighted by Crippen LogP contribution is 2.45. The molecule has 0 aromatic rings. The van der Waals surface area contributed by atoms with Crippen LogP contribution in [0.4, 0.5) is 0 Å². The molecular weight excluding hydrogens is 1190 g/mol. The van der Waals surface area contributed by atoms with Crippen molar-refractivity contribution in [2.24, 2.45) is 11.8 Å². The average Bonchev–Trinajstić information content (AvgIpc) is 3.68. The Labute approximate surface area is 549 Å². The van der Waals surface area contributed by atoms with Gasteiger partial charge in [0.05, 0.1) is 26.4 Å². The van der Waals surface area contributed by atoms with Crippen LogP contribution in [0.15, 0.2) is 0 Å². The summed E-state index contributed by atoms with van der Waals surface area (Å²) in [5.74, 6) is -0.678. The first-order valence-electron chi connectivity index (χ1n) is 37.0. The van der Waals surface area contributed by atoms with E-state index in [-0.39, 0.29) is 25.7 Å². The van der Waals surface area contributed by atoms with Gasteiger partial charge in [-0.25, -0.2) is 9.13 Å². The summed E-state index contributed by atoms with van der Waals surface area (Å²) in [4.78, 5) is 72.6. The third-order valence-electron chi connectivity index (χ3n) is 16.5. The molecule has 90 heavy (non-hydrogen) atoms. The predicted molar refractivity (Wildman–Crippen MR) is 363 cm³/mol. The standard InChI is InChI=1S/C71H138O17P2/c1-7-9-11-13-15-17-19-21-22-24-26-28-37-43-49-55-70(75)87-66(59-81-68(73)53-47-41-35-27-25-23-20-18-16-14-12-10-8-2)61-85-89(77,78)83-57-65(72)58-84-90(79,80)86-62-67(88-71(76)56-50-44-38-32-30-34-40-46-52-64(5)6)60-82-69(74)54-48-42-36-31-29-33-39-45-51-63(3)4/h63-67,72H,7-62H2,1-6H3,(H,77,78)(H,79,80)/t65-,66-,67-/m1/s1. The van der Waals surface area contributed by atoms with Gasteiger partial charge in [0.15, 0.2) is 12.2 Å². The Bertz CT molecular complexity index is 1750. The lowest BCUT2D eigenvalue weighted by Crippen LogP contribution is -2.30. The summed E-state index contributed by atoms with van der Waals surface area (Å²) >= 11 is 0. The number of carbonyl (C=O) groups is 4. The topological polar surface area (TPSA) is 237 Å². The van der Waals surface area contributed by atoms with Crippen molar-refractivity contribution in [1.82, 2.24) is 0 Å². The van der Waals surface area contributed by atoms with Gasteiger partial charge in [0.2, 0.25) is 0 Å². The van der Waals surface area contributed by atoms with E-state index in [1.807, 2.05) is 0 Å². The second-order valence-electron chi connectivity index (χ2n) is 26.6. The minimum atomic E-state index is -4.95. The van der Waals surface area contributed by atoms with E-state index in [0.717, 1.165) is 102 Å². The molecule has 0 radical (unpaired) electrons. The Morgan fingerprint density at radius 1 is 0.300 bits per heavy atom. The van der Waals surface area contributed by atoms with Crippen LogP contribution in [0.2, 0.25) is 0 Å². The molecule has 0 saturated carbocycles. The summed E-state index contributed by atoms with van der Waals surface area (Å²) in [7, 11) is -9.90. The number of esters is 4. The van der Waals surface area contributed by atoms with Gasteiger partial charge in [0.1, 0.15) is 19.3 Å². The van der Waals surface area contributed by atoms with Crippen LogP contribution in [-0.2, 0) is 65.4 Å². The molecule has 2 unspecified atom stereocenters. The first kappa shape index (κ1) is 88.1. The van der Waals surface area contributed by atoms with Crippen molar-refractivity contribution in [2.75, 3.05) is 39.6 Å². The van der Waals surface area contributed by atoms with Crippen LogP contribution < -0.4 is 0 Å². The minimum absolute atomic E-state index is 0.104. The third kappa shape index (κ3) is 64.8. The number of hydrogen-bond donors (Lipinski definition) is 3. The molecule has 0 fully saturated rings. The molecule has 0 aliphatic carbocycles. The largest absolute Gasteiger partial charge is 0.472 e. The molecule has 0 saturated heterocycles. The number of ether oxygens (including phenoxy) is 4. The molecule has 0 aliphatic heterocycles. The Kier molecular flexibility index (Phi) is 61.8. The van der Waals surface area contributed by atoms with Gasteiger partial charge in [-0.2, -0.15) is 0 Å². The summed E-state index contributed by atoms with van der Waals surface area (Å²) in [5.41, 5.74) is 0. The van der Waals surface area contributed by atoms with Crippen LogP contribution in [0.3, 0.4) is 0 Å². The number of hydrogen-bond acceptors (Lipinski definition) is 15. The lowest BCUT2D eigenvalue weighted by Gasteiger charge is -2.21. The predicted octanol–water partition coefficient (Wildman–Crippen LogP) is 20.4. The van der Waals surface area contributed by atoms with E-state index in [1.54, 1.807) is 0 Å². The van der Waals surface area contributed by atoms with Gasteiger partial charge in [-0.15, -0.1) is 0 Å².